The number of hydrazine groups is 1. The van der Waals surface area contributed by atoms with E-state index in [1.807, 2.05) is 6.92 Å². The Kier molecular flexibility index (Phi) is 3.02. The number of hydrogen-bond acceptors (Lipinski definition) is 3. The summed E-state index contributed by atoms with van der Waals surface area (Å²) >= 11 is 0. The summed E-state index contributed by atoms with van der Waals surface area (Å²) in [5.41, 5.74) is 6.11. The molecule has 3 nitrogen and oxygen atoms in total. The predicted octanol–water partition coefficient (Wildman–Crippen LogP) is 0.611. The summed E-state index contributed by atoms with van der Waals surface area (Å²) < 4.78 is 0. The first-order valence-electron chi connectivity index (χ1n) is 4.31. The van der Waals surface area contributed by atoms with E-state index in [4.69, 9.17) is 0 Å². The molecule has 1 fully saturated rings. The molecule has 2 atom stereocenters. The molecule has 1 aliphatic heterocycles. The molecule has 0 bridgehead atoms. The van der Waals surface area contributed by atoms with Crippen molar-refractivity contribution in [1.82, 2.24) is 10.9 Å². The van der Waals surface area contributed by atoms with Crippen molar-refractivity contribution in [3.8, 4) is 0 Å². The third-order valence-electron chi connectivity index (χ3n) is 2.21. The maximum absolute atomic E-state index is 11.2. The summed E-state index contributed by atoms with van der Waals surface area (Å²) in [5, 5.41) is 0. The van der Waals surface area contributed by atoms with Crippen molar-refractivity contribution in [3.63, 3.8) is 0 Å². The zero-order valence-electron chi connectivity index (χ0n) is 7.18. The van der Waals surface area contributed by atoms with Crippen LogP contribution in [0.1, 0.15) is 33.1 Å². The van der Waals surface area contributed by atoms with Gasteiger partial charge in [0.25, 0.3) is 0 Å². The minimum atomic E-state index is 0.0601. The molecule has 0 aromatic rings. The highest BCUT2D eigenvalue weighted by atomic mass is 16.1. The summed E-state index contributed by atoms with van der Waals surface area (Å²) in [6.45, 7) is 4.03. The van der Waals surface area contributed by atoms with Gasteiger partial charge in [-0.05, 0) is 12.8 Å². The molecule has 2 N–H and O–H groups in total. The Balaban J connectivity index is 2.35. The molecule has 0 aromatic heterocycles. The first kappa shape index (κ1) is 8.68. The molecule has 1 rings (SSSR count). The molecule has 0 radical (unpaired) electrons. The summed E-state index contributed by atoms with van der Waals surface area (Å²) in [5.74, 6) is 0.313. The summed E-state index contributed by atoms with van der Waals surface area (Å²) in [7, 11) is 0. The Morgan fingerprint density at radius 2 is 2.18 bits per heavy atom. The molecule has 11 heavy (non-hydrogen) atoms. The molecule has 1 saturated heterocycles. The summed E-state index contributed by atoms with van der Waals surface area (Å²) in [4.78, 5) is 11.2. The SMILES string of the molecule is CCC(=O)C1CC(CC)NN1. The quantitative estimate of drug-likeness (QED) is 0.629. The van der Waals surface area contributed by atoms with Gasteiger partial charge in [0.1, 0.15) is 0 Å². The molecule has 64 valence electrons. The Labute approximate surface area is 67.5 Å². The third-order valence-corrected chi connectivity index (χ3v) is 2.21. The molecule has 3 heteroatoms. The molecular weight excluding hydrogens is 140 g/mol. The van der Waals surface area contributed by atoms with E-state index in [1.54, 1.807) is 0 Å². The van der Waals surface area contributed by atoms with Crippen LogP contribution in [0.15, 0.2) is 0 Å². The van der Waals surface area contributed by atoms with Crippen LogP contribution in [-0.4, -0.2) is 17.9 Å². The number of carbonyl (C=O) groups excluding carboxylic acids is 1. The minimum Gasteiger partial charge on any atom is -0.298 e. The van der Waals surface area contributed by atoms with Gasteiger partial charge in [-0.15, -0.1) is 0 Å². The van der Waals surface area contributed by atoms with Crippen LogP contribution in [0.2, 0.25) is 0 Å². The van der Waals surface area contributed by atoms with Crippen LogP contribution in [0, 0.1) is 0 Å². The second-order valence-electron chi connectivity index (χ2n) is 3.00. The molecule has 1 aliphatic rings. The molecule has 1 heterocycles. The van der Waals surface area contributed by atoms with E-state index in [1.165, 1.54) is 0 Å². The van der Waals surface area contributed by atoms with Crippen molar-refractivity contribution in [3.05, 3.63) is 0 Å². The van der Waals surface area contributed by atoms with Crippen molar-refractivity contribution in [1.29, 1.82) is 0 Å². The standard InChI is InChI=1S/C8H16N2O/c1-3-6-5-7(10-9-6)8(11)4-2/h6-7,9-10H,3-5H2,1-2H3. The van der Waals surface area contributed by atoms with Gasteiger partial charge >= 0.3 is 0 Å². The van der Waals surface area contributed by atoms with Gasteiger partial charge in [-0.3, -0.25) is 10.2 Å². The molecule has 0 saturated carbocycles. The van der Waals surface area contributed by atoms with E-state index in [0.29, 0.717) is 18.2 Å². The second-order valence-corrected chi connectivity index (χ2v) is 3.00. The number of carbonyl (C=O) groups is 1. The lowest BCUT2D eigenvalue weighted by atomic mass is 10.0. The number of Topliss-reactive ketones (excluding diaryl/α,β-unsaturated/α-hetero) is 1. The number of hydrogen-bond donors (Lipinski definition) is 2. The lowest BCUT2D eigenvalue weighted by Gasteiger charge is -2.04. The average Bonchev–Trinajstić information content (AvgIpc) is 2.50. The minimum absolute atomic E-state index is 0.0601. The number of ketones is 1. The molecule has 0 aliphatic carbocycles. The van der Waals surface area contributed by atoms with Gasteiger partial charge in [-0.1, -0.05) is 13.8 Å². The monoisotopic (exact) mass is 156 g/mol. The molecule has 2 unspecified atom stereocenters. The fraction of sp³-hybridized carbons (Fsp3) is 0.875. The highest BCUT2D eigenvalue weighted by Gasteiger charge is 2.26. The lowest BCUT2D eigenvalue weighted by Crippen LogP contribution is -2.36. The van der Waals surface area contributed by atoms with Gasteiger partial charge in [0.2, 0.25) is 0 Å². The smallest absolute Gasteiger partial charge is 0.150 e. The Morgan fingerprint density at radius 1 is 1.45 bits per heavy atom. The lowest BCUT2D eigenvalue weighted by molar-refractivity contribution is -0.120. The van der Waals surface area contributed by atoms with E-state index in [-0.39, 0.29) is 6.04 Å². The van der Waals surface area contributed by atoms with E-state index >= 15 is 0 Å². The van der Waals surface area contributed by atoms with Gasteiger partial charge < -0.3 is 0 Å². The maximum atomic E-state index is 11.2. The fourth-order valence-electron chi connectivity index (χ4n) is 1.35. The van der Waals surface area contributed by atoms with Gasteiger partial charge in [-0.25, -0.2) is 5.43 Å². The second kappa shape index (κ2) is 3.83. The van der Waals surface area contributed by atoms with E-state index < -0.39 is 0 Å². The van der Waals surface area contributed by atoms with Crippen molar-refractivity contribution in [2.45, 2.75) is 45.2 Å². The Hall–Kier alpha value is -0.410. The van der Waals surface area contributed by atoms with Gasteiger partial charge in [0, 0.05) is 12.5 Å². The van der Waals surface area contributed by atoms with Crippen LogP contribution in [0.3, 0.4) is 0 Å². The highest BCUT2D eigenvalue weighted by Crippen LogP contribution is 2.09. The van der Waals surface area contributed by atoms with E-state index in [2.05, 4.69) is 17.8 Å². The van der Waals surface area contributed by atoms with Crippen molar-refractivity contribution in [2.75, 3.05) is 0 Å². The first-order valence-corrected chi connectivity index (χ1v) is 4.31. The van der Waals surface area contributed by atoms with Crippen LogP contribution in [0.25, 0.3) is 0 Å². The molecule has 0 aromatic carbocycles. The predicted molar refractivity (Wildman–Crippen MR) is 44.1 cm³/mol. The van der Waals surface area contributed by atoms with Crippen LogP contribution in [0.4, 0.5) is 0 Å². The van der Waals surface area contributed by atoms with Crippen molar-refractivity contribution >= 4 is 5.78 Å². The molecular formula is C8H16N2O. The normalized spacial score (nSPS) is 30.7. The zero-order chi connectivity index (χ0) is 8.27. The molecule has 0 spiro atoms. The number of nitrogens with one attached hydrogen (secondary N) is 2. The number of rotatable bonds is 3. The van der Waals surface area contributed by atoms with Gasteiger partial charge in [0.05, 0.1) is 6.04 Å². The Bertz CT molecular complexity index is 147. The highest BCUT2D eigenvalue weighted by molar-refractivity contribution is 5.83. The zero-order valence-corrected chi connectivity index (χ0v) is 7.18. The summed E-state index contributed by atoms with van der Waals surface area (Å²) in [6.07, 6.45) is 2.67. The van der Waals surface area contributed by atoms with Crippen LogP contribution in [-0.2, 0) is 4.79 Å². The van der Waals surface area contributed by atoms with Crippen molar-refractivity contribution < 1.29 is 4.79 Å². The topological polar surface area (TPSA) is 41.1 Å². The van der Waals surface area contributed by atoms with Crippen LogP contribution in [0.5, 0.6) is 0 Å². The third kappa shape index (κ3) is 2.01. The van der Waals surface area contributed by atoms with Gasteiger partial charge in [-0.2, -0.15) is 0 Å². The largest absolute Gasteiger partial charge is 0.298 e. The van der Waals surface area contributed by atoms with E-state index in [0.717, 1.165) is 12.8 Å². The van der Waals surface area contributed by atoms with Crippen LogP contribution >= 0.6 is 0 Å². The molecule has 0 amide bonds. The maximum Gasteiger partial charge on any atom is 0.150 e. The summed E-state index contributed by atoms with van der Waals surface area (Å²) in [6, 6.07) is 0.542. The first-order chi connectivity index (χ1) is 5.27. The van der Waals surface area contributed by atoms with Gasteiger partial charge in [0.15, 0.2) is 5.78 Å². The Morgan fingerprint density at radius 3 is 2.64 bits per heavy atom. The van der Waals surface area contributed by atoms with Crippen LogP contribution < -0.4 is 10.9 Å². The average molecular weight is 156 g/mol. The van der Waals surface area contributed by atoms with E-state index in [9.17, 15) is 4.79 Å². The van der Waals surface area contributed by atoms with Crippen molar-refractivity contribution in [2.24, 2.45) is 0 Å². The fourth-order valence-corrected chi connectivity index (χ4v) is 1.35.